The molecular formula is C20H19FN4O3. The van der Waals surface area contributed by atoms with Gasteiger partial charge in [-0.3, -0.25) is 14.4 Å². The number of likely N-dealkylation sites (N-methyl/N-ethyl adjacent to an activating group) is 1. The lowest BCUT2D eigenvalue weighted by atomic mass is 10.1. The SMILES string of the molecule is C=CCn1cc(C(=O)C(=O)NCC)c(C)c1C(=O)Nc1ccc(F)c(C#N)c1. The van der Waals surface area contributed by atoms with Gasteiger partial charge in [-0.15, -0.1) is 6.58 Å². The molecule has 144 valence electrons. The van der Waals surface area contributed by atoms with E-state index in [0.29, 0.717) is 12.1 Å². The second kappa shape index (κ2) is 8.77. The molecule has 28 heavy (non-hydrogen) atoms. The van der Waals surface area contributed by atoms with Crippen LogP contribution in [0.3, 0.4) is 0 Å². The van der Waals surface area contributed by atoms with Crippen molar-refractivity contribution in [2.45, 2.75) is 20.4 Å². The van der Waals surface area contributed by atoms with E-state index in [9.17, 15) is 18.8 Å². The van der Waals surface area contributed by atoms with Crippen molar-refractivity contribution in [3.8, 4) is 6.07 Å². The minimum absolute atomic E-state index is 0.106. The van der Waals surface area contributed by atoms with Crippen molar-refractivity contribution < 1.29 is 18.8 Å². The molecule has 0 unspecified atom stereocenters. The molecule has 2 amide bonds. The number of carbonyl (C=O) groups is 3. The Hall–Kier alpha value is -3.73. The van der Waals surface area contributed by atoms with E-state index in [2.05, 4.69) is 17.2 Å². The normalized spacial score (nSPS) is 10.1. The number of Topliss-reactive ketones (excluding diaryl/α,β-unsaturated/α-hetero) is 1. The summed E-state index contributed by atoms with van der Waals surface area (Å²) in [4.78, 5) is 37.0. The van der Waals surface area contributed by atoms with Crippen molar-refractivity contribution in [3.63, 3.8) is 0 Å². The van der Waals surface area contributed by atoms with Crippen molar-refractivity contribution in [2.75, 3.05) is 11.9 Å². The Labute approximate surface area is 161 Å². The van der Waals surface area contributed by atoms with Gasteiger partial charge in [-0.2, -0.15) is 5.26 Å². The molecule has 2 rings (SSSR count). The van der Waals surface area contributed by atoms with Gasteiger partial charge in [0, 0.05) is 30.5 Å². The fourth-order valence-electron chi connectivity index (χ4n) is 2.72. The predicted molar refractivity (Wildman–Crippen MR) is 101 cm³/mol. The number of hydrogen-bond donors (Lipinski definition) is 2. The van der Waals surface area contributed by atoms with E-state index in [1.54, 1.807) is 26.0 Å². The average molecular weight is 382 g/mol. The van der Waals surface area contributed by atoms with Gasteiger partial charge in [0.05, 0.1) is 5.56 Å². The highest BCUT2D eigenvalue weighted by atomic mass is 19.1. The van der Waals surface area contributed by atoms with E-state index >= 15 is 0 Å². The first-order chi connectivity index (χ1) is 13.3. The molecule has 0 saturated heterocycles. The van der Waals surface area contributed by atoms with Gasteiger partial charge in [0.15, 0.2) is 0 Å². The summed E-state index contributed by atoms with van der Waals surface area (Å²) in [6.45, 7) is 7.42. The van der Waals surface area contributed by atoms with Crippen LogP contribution >= 0.6 is 0 Å². The maximum Gasteiger partial charge on any atom is 0.292 e. The molecule has 0 atom stereocenters. The number of halogens is 1. The monoisotopic (exact) mass is 382 g/mol. The van der Waals surface area contributed by atoms with Crippen LogP contribution < -0.4 is 10.6 Å². The Morgan fingerprint density at radius 2 is 2.07 bits per heavy atom. The van der Waals surface area contributed by atoms with E-state index in [1.807, 2.05) is 0 Å². The van der Waals surface area contributed by atoms with Crippen LogP contribution in [0.4, 0.5) is 10.1 Å². The predicted octanol–water partition coefficient (Wildman–Crippen LogP) is 2.56. The van der Waals surface area contributed by atoms with Crippen LogP contribution in [0.15, 0.2) is 37.1 Å². The summed E-state index contributed by atoms with van der Waals surface area (Å²) in [7, 11) is 0. The zero-order valence-electron chi connectivity index (χ0n) is 15.5. The smallest absolute Gasteiger partial charge is 0.292 e. The third-order valence-corrected chi connectivity index (χ3v) is 4.01. The molecule has 0 bridgehead atoms. The zero-order valence-corrected chi connectivity index (χ0v) is 15.5. The number of carbonyl (C=O) groups excluding carboxylic acids is 3. The summed E-state index contributed by atoms with van der Waals surface area (Å²) in [5.74, 6) is -2.76. The third kappa shape index (κ3) is 4.15. The summed E-state index contributed by atoms with van der Waals surface area (Å²) in [5.41, 5.74) is 0.622. The summed E-state index contributed by atoms with van der Waals surface area (Å²) in [6, 6.07) is 5.32. The highest BCUT2D eigenvalue weighted by Gasteiger charge is 2.26. The highest BCUT2D eigenvalue weighted by molar-refractivity contribution is 6.43. The van der Waals surface area contributed by atoms with Gasteiger partial charge in [-0.1, -0.05) is 6.08 Å². The van der Waals surface area contributed by atoms with Crippen molar-refractivity contribution >= 4 is 23.3 Å². The van der Waals surface area contributed by atoms with Crippen molar-refractivity contribution in [2.24, 2.45) is 0 Å². The molecule has 0 saturated carbocycles. The molecule has 1 heterocycles. The number of benzene rings is 1. The van der Waals surface area contributed by atoms with E-state index in [4.69, 9.17) is 5.26 Å². The lowest BCUT2D eigenvalue weighted by Gasteiger charge is -2.10. The number of amides is 2. The van der Waals surface area contributed by atoms with Crippen molar-refractivity contribution in [1.82, 2.24) is 9.88 Å². The fraction of sp³-hybridized carbons (Fsp3) is 0.200. The van der Waals surface area contributed by atoms with Gasteiger partial charge >= 0.3 is 0 Å². The Kier molecular flexibility index (Phi) is 6.45. The number of allylic oxidation sites excluding steroid dienone is 1. The molecule has 0 fully saturated rings. The first-order valence-corrected chi connectivity index (χ1v) is 8.48. The summed E-state index contributed by atoms with van der Waals surface area (Å²) in [5, 5.41) is 13.9. The molecule has 1 aromatic heterocycles. The molecule has 8 heteroatoms. The third-order valence-electron chi connectivity index (χ3n) is 4.01. The van der Waals surface area contributed by atoms with Crippen LogP contribution in [-0.2, 0) is 11.3 Å². The van der Waals surface area contributed by atoms with E-state index in [-0.39, 0.29) is 29.1 Å². The average Bonchev–Trinajstić information content (AvgIpc) is 2.99. The van der Waals surface area contributed by atoms with E-state index in [1.165, 1.54) is 22.9 Å². The van der Waals surface area contributed by atoms with Crippen LogP contribution in [-0.4, -0.2) is 28.7 Å². The molecule has 1 aromatic carbocycles. The van der Waals surface area contributed by atoms with Crippen LogP contribution in [0.1, 0.15) is 38.9 Å². The number of nitrogens with zero attached hydrogens (tertiary/aromatic N) is 2. The van der Waals surface area contributed by atoms with Gasteiger partial charge in [-0.25, -0.2) is 4.39 Å². The standard InChI is InChI=1S/C20H19FN4O3/c1-4-8-25-11-15(18(26)20(28)23-5-2)12(3)17(25)19(27)24-14-6-7-16(21)13(9-14)10-22/h4,6-7,9,11H,1,5,8H2,2-3H3,(H,23,28)(H,24,27). The first kappa shape index (κ1) is 20.6. The first-order valence-electron chi connectivity index (χ1n) is 8.48. The van der Waals surface area contributed by atoms with E-state index in [0.717, 1.165) is 6.07 Å². The van der Waals surface area contributed by atoms with E-state index < -0.39 is 23.4 Å². The van der Waals surface area contributed by atoms with Crippen LogP contribution in [0.2, 0.25) is 0 Å². The van der Waals surface area contributed by atoms with Gasteiger partial charge in [0.1, 0.15) is 17.6 Å². The Bertz CT molecular complexity index is 1000. The van der Waals surface area contributed by atoms with Gasteiger partial charge < -0.3 is 15.2 Å². The lowest BCUT2D eigenvalue weighted by molar-refractivity contribution is -0.116. The second-order valence-corrected chi connectivity index (χ2v) is 5.91. The minimum Gasteiger partial charge on any atom is -0.349 e. The van der Waals surface area contributed by atoms with Crippen LogP contribution in [0.5, 0.6) is 0 Å². The Morgan fingerprint density at radius 3 is 2.68 bits per heavy atom. The largest absolute Gasteiger partial charge is 0.349 e. The number of nitriles is 1. The lowest BCUT2D eigenvalue weighted by Crippen LogP contribution is -2.30. The van der Waals surface area contributed by atoms with Gasteiger partial charge in [0.25, 0.3) is 17.6 Å². The number of hydrogen-bond acceptors (Lipinski definition) is 4. The molecule has 7 nitrogen and oxygen atoms in total. The summed E-state index contributed by atoms with van der Waals surface area (Å²) in [6.07, 6.45) is 2.97. The maximum atomic E-state index is 13.5. The van der Waals surface area contributed by atoms with Crippen molar-refractivity contribution in [3.05, 3.63) is 65.3 Å². The number of ketones is 1. The van der Waals surface area contributed by atoms with Gasteiger partial charge in [0.2, 0.25) is 0 Å². The molecule has 0 aliphatic heterocycles. The molecular weight excluding hydrogens is 363 g/mol. The summed E-state index contributed by atoms with van der Waals surface area (Å²) >= 11 is 0. The van der Waals surface area contributed by atoms with Crippen LogP contribution in [0, 0.1) is 24.1 Å². The molecule has 2 N–H and O–H groups in total. The molecule has 0 radical (unpaired) electrons. The molecule has 0 spiro atoms. The number of aromatic nitrogens is 1. The number of rotatable bonds is 7. The quantitative estimate of drug-likeness (QED) is 0.436. The number of anilines is 1. The van der Waals surface area contributed by atoms with Crippen LogP contribution in [0.25, 0.3) is 0 Å². The molecule has 0 aliphatic rings. The fourth-order valence-corrected chi connectivity index (χ4v) is 2.72. The maximum absolute atomic E-state index is 13.5. The molecule has 0 aliphatic carbocycles. The molecule has 2 aromatic rings. The Balaban J connectivity index is 2.42. The number of nitrogens with one attached hydrogen (secondary N) is 2. The zero-order chi connectivity index (χ0) is 20.8. The Morgan fingerprint density at radius 1 is 1.36 bits per heavy atom. The summed E-state index contributed by atoms with van der Waals surface area (Å²) < 4.78 is 15.0. The topological polar surface area (TPSA) is 104 Å². The van der Waals surface area contributed by atoms with Crippen molar-refractivity contribution in [1.29, 1.82) is 5.26 Å². The highest BCUT2D eigenvalue weighted by Crippen LogP contribution is 2.21. The van der Waals surface area contributed by atoms with Gasteiger partial charge in [-0.05, 0) is 37.6 Å². The second-order valence-electron chi connectivity index (χ2n) is 5.91. The minimum atomic E-state index is -0.759.